The summed E-state index contributed by atoms with van der Waals surface area (Å²) in [4.78, 5) is 12.5. The molecule has 0 N–H and O–H groups in total. The van der Waals surface area contributed by atoms with E-state index in [-0.39, 0.29) is 0 Å². The van der Waals surface area contributed by atoms with E-state index >= 15 is 0 Å². The van der Waals surface area contributed by atoms with Crippen LogP contribution in [0.1, 0.15) is 78.1 Å². The Morgan fingerprint density at radius 2 is 1.29 bits per heavy atom. The molecule has 1 nitrogen and oxygen atoms in total. The van der Waals surface area contributed by atoms with Gasteiger partial charge in [0.1, 0.15) is 5.78 Å². The Hall–Kier alpha value is -0.330. The second-order valence-electron chi connectivity index (χ2n) is 7.03. The van der Waals surface area contributed by atoms with E-state index in [0.717, 1.165) is 12.8 Å². The number of rotatable bonds is 2. The van der Waals surface area contributed by atoms with Crippen molar-refractivity contribution in [2.45, 2.75) is 78.1 Å². The van der Waals surface area contributed by atoms with Gasteiger partial charge >= 0.3 is 0 Å². The first kappa shape index (κ1) is 13.1. The van der Waals surface area contributed by atoms with Gasteiger partial charge in [-0.25, -0.2) is 0 Å². The molecule has 2 aliphatic rings. The van der Waals surface area contributed by atoms with E-state index in [4.69, 9.17) is 0 Å². The average molecular weight is 236 g/mol. The van der Waals surface area contributed by atoms with Gasteiger partial charge in [-0.2, -0.15) is 0 Å². The zero-order chi connectivity index (χ0) is 12.3. The van der Waals surface area contributed by atoms with E-state index < -0.39 is 0 Å². The molecule has 0 saturated heterocycles. The van der Waals surface area contributed by atoms with Crippen LogP contribution in [-0.4, -0.2) is 5.78 Å². The smallest absolute Gasteiger partial charge is 0.139 e. The Balaban J connectivity index is 1.87. The van der Waals surface area contributed by atoms with Crippen LogP contribution in [-0.2, 0) is 4.79 Å². The third kappa shape index (κ3) is 3.56. The van der Waals surface area contributed by atoms with E-state index in [9.17, 15) is 4.79 Å². The van der Waals surface area contributed by atoms with Gasteiger partial charge < -0.3 is 0 Å². The number of carbonyl (C=O) groups excluding carboxylic acids is 1. The lowest BCUT2D eigenvalue weighted by atomic mass is 9.70. The molecule has 0 aliphatic heterocycles. The molecule has 0 aromatic heterocycles. The van der Waals surface area contributed by atoms with Crippen molar-refractivity contribution in [2.75, 3.05) is 0 Å². The van der Waals surface area contributed by atoms with Crippen molar-refractivity contribution in [1.82, 2.24) is 0 Å². The average Bonchev–Trinajstić information content (AvgIpc) is 2.56. The molecule has 0 heterocycles. The van der Waals surface area contributed by atoms with Crippen LogP contribution in [0.2, 0.25) is 0 Å². The van der Waals surface area contributed by atoms with E-state index in [1.54, 1.807) is 0 Å². The number of Topliss-reactive ketones (excluding diaryl/α,β-unsaturated/α-hetero) is 1. The van der Waals surface area contributed by atoms with Gasteiger partial charge in [-0.1, -0.05) is 39.5 Å². The second-order valence-corrected chi connectivity index (χ2v) is 7.03. The van der Waals surface area contributed by atoms with Crippen LogP contribution in [0.4, 0.5) is 0 Å². The Labute approximate surface area is 106 Å². The summed E-state index contributed by atoms with van der Waals surface area (Å²) in [5.74, 6) is 1.46. The lowest BCUT2D eigenvalue weighted by molar-refractivity contribution is -0.128. The van der Waals surface area contributed by atoms with Crippen LogP contribution < -0.4 is 0 Å². The summed E-state index contributed by atoms with van der Waals surface area (Å²) in [5, 5.41) is 0. The minimum Gasteiger partial charge on any atom is -0.299 e. The molecule has 1 heteroatoms. The van der Waals surface area contributed by atoms with E-state index in [2.05, 4.69) is 13.8 Å². The number of ketones is 1. The molecule has 0 amide bonds. The molecule has 0 spiro atoms. The zero-order valence-corrected chi connectivity index (χ0v) is 11.6. The van der Waals surface area contributed by atoms with Crippen molar-refractivity contribution in [1.29, 1.82) is 0 Å². The predicted molar refractivity (Wildman–Crippen MR) is 71.9 cm³/mol. The highest BCUT2D eigenvalue weighted by atomic mass is 16.1. The Morgan fingerprint density at radius 1 is 0.824 bits per heavy atom. The standard InChI is InChI=1S/C16H28O/c1-16(2)11-9-14(10-12-16)15(17)13-7-5-3-4-6-8-13/h13-14H,3-12H2,1-2H3. The summed E-state index contributed by atoms with van der Waals surface area (Å²) in [6, 6.07) is 0. The summed E-state index contributed by atoms with van der Waals surface area (Å²) in [7, 11) is 0. The summed E-state index contributed by atoms with van der Waals surface area (Å²) in [6.45, 7) is 4.69. The summed E-state index contributed by atoms with van der Waals surface area (Å²) >= 11 is 0. The van der Waals surface area contributed by atoms with Crippen LogP contribution in [0, 0.1) is 17.3 Å². The van der Waals surface area contributed by atoms with Gasteiger partial charge in [0, 0.05) is 11.8 Å². The van der Waals surface area contributed by atoms with Gasteiger partial charge in [0.15, 0.2) is 0 Å². The van der Waals surface area contributed by atoms with Gasteiger partial charge in [-0.3, -0.25) is 4.79 Å². The third-order valence-corrected chi connectivity index (χ3v) is 5.00. The van der Waals surface area contributed by atoms with Crippen molar-refractivity contribution in [3.05, 3.63) is 0 Å². The van der Waals surface area contributed by atoms with Crippen molar-refractivity contribution < 1.29 is 4.79 Å². The molecule has 17 heavy (non-hydrogen) atoms. The highest BCUT2D eigenvalue weighted by Gasteiger charge is 2.33. The summed E-state index contributed by atoms with van der Waals surface area (Å²) < 4.78 is 0. The minimum atomic E-state index is 0.408. The maximum absolute atomic E-state index is 12.5. The topological polar surface area (TPSA) is 17.1 Å². The van der Waals surface area contributed by atoms with Crippen LogP contribution in [0.3, 0.4) is 0 Å². The fraction of sp³-hybridized carbons (Fsp3) is 0.938. The molecule has 2 aliphatic carbocycles. The highest BCUT2D eigenvalue weighted by Crippen LogP contribution is 2.40. The monoisotopic (exact) mass is 236 g/mol. The van der Waals surface area contributed by atoms with E-state index in [1.807, 2.05) is 0 Å². The Bertz CT molecular complexity index is 249. The van der Waals surface area contributed by atoms with Crippen molar-refractivity contribution in [3.8, 4) is 0 Å². The molecule has 0 bridgehead atoms. The maximum atomic E-state index is 12.5. The first-order valence-corrected chi connectivity index (χ1v) is 7.62. The molecule has 98 valence electrons. The van der Waals surface area contributed by atoms with E-state index in [0.29, 0.717) is 23.0 Å². The molecule has 2 rings (SSSR count). The first-order chi connectivity index (χ1) is 8.08. The van der Waals surface area contributed by atoms with Gasteiger partial charge in [0.2, 0.25) is 0 Å². The number of hydrogen-bond donors (Lipinski definition) is 0. The Morgan fingerprint density at radius 3 is 1.82 bits per heavy atom. The van der Waals surface area contributed by atoms with Gasteiger partial charge in [0.25, 0.3) is 0 Å². The molecule has 0 radical (unpaired) electrons. The van der Waals surface area contributed by atoms with Crippen LogP contribution in [0.5, 0.6) is 0 Å². The summed E-state index contributed by atoms with van der Waals surface area (Å²) in [5.41, 5.74) is 0.486. The third-order valence-electron chi connectivity index (χ3n) is 5.00. The second kappa shape index (κ2) is 5.54. The lowest BCUT2D eigenvalue weighted by Gasteiger charge is -2.34. The van der Waals surface area contributed by atoms with Crippen molar-refractivity contribution >= 4 is 5.78 Å². The van der Waals surface area contributed by atoms with Gasteiger partial charge in [-0.05, 0) is 43.9 Å². The van der Waals surface area contributed by atoms with Crippen molar-refractivity contribution in [2.24, 2.45) is 17.3 Å². The quantitative estimate of drug-likeness (QED) is 0.633. The molecule has 2 fully saturated rings. The highest BCUT2D eigenvalue weighted by molar-refractivity contribution is 5.83. The van der Waals surface area contributed by atoms with Gasteiger partial charge in [-0.15, -0.1) is 0 Å². The predicted octanol–water partition coefficient (Wildman–Crippen LogP) is 4.74. The van der Waals surface area contributed by atoms with Crippen LogP contribution >= 0.6 is 0 Å². The molecule has 0 aromatic rings. The number of hydrogen-bond acceptors (Lipinski definition) is 1. The molecule has 0 unspecified atom stereocenters. The van der Waals surface area contributed by atoms with Crippen LogP contribution in [0.25, 0.3) is 0 Å². The molecular weight excluding hydrogens is 208 g/mol. The van der Waals surface area contributed by atoms with Crippen LogP contribution in [0.15, 0.2) is 0 Å². The lowest BCUT2D eigenvalue weighted by Crippen LogP contribution is -2.30. The zero-order valence-electron chi connectivity index (χ0n) is 11.6. The largest absolute Gasteiger partial charge is 0.299 e. The van der Waals surface area contributed by atoms with Crippen molar-refractivity contribution in [3.63, 3.8) is 0 Å². The molecule has 2 saturated carbocycles. The van der Waals surface area contributed by atoms with E-state index in [1.165, 1.54) is 51.4 Å². The fourth-order valence-corrected chi connectivity index (χ4v) is 3.58. The summed E-state index contributed by atoms with van der Waals surface area (Å²) in [6.07, 6.45) is 12.4. The number of carbonyl (C=O) groups is 1. The normalized spacial score (nSPS) is 27.6. The fourth-order valence-electron chi connectivity index (χ4n) is 3.58. The minimum absolute atomic E-state index is 0.408. The molecular formula is C16H28O. The Kier molecular flexibility index (Phi) is 4.27. The maximum Gasteiger partial charge on any atom is 0.139 e. The molecule has 0 aromatic carbocycles. The SMILES string of the molecule is CC1(C)CCC(C(=O)C2CCCCCC2)CC1. The van der Waals surface area contributed by atoms with Gasteiger partial charge in [0.05, 0.1) is 0 Å². The molecule has 0 atom stereocenters. The first-order valence-electron chi connectivity index (χ1n) is 7.62.